The van der Waals surface area contributed by atoms with E-state index in [2.05, 4.69) is 33.9 Å². The Morgan fingerprint density at radius 1 is 1.00 bits per heavy atom. The molecule has 2 aromatic carbocycles. The van der Waals surface area contributed by atoms with Crippen molar-refractivity contribution < 1.29 is 24.2 Å². The van der Waals surface area contributed by atoms with Crippen molar-refractivity contribution in [2.75, 3.05) is 19.7 Å². The van der Waals surface area contributed by atoms with Crippen molar-refractivity contribution in [3.05, 3.63) is 97.1 Å². The van der Waals surface area contributed by atoms with Crippen LogP contribution in [0, 0.1) is 17.3 Å². The van der Waals surface area contributed by atoms with Crippen molar-refractivity contribution in [3.8, 4) is 0 Å². The number of hydrogen-bond acceptors (Lipinski definition) is 5. The number of aliphatic hydroxyl groups is 1. The van der Waals surface area contributed by atoms with E-state index in [1.807, 2.05) is 79.4 Å². The van der Waals surface area contributed by atoms with Gasteiger partial charge < -0.3 is 24.5 Å². The summed E-state index contributed by atoms with van der Waals surface area (Å²) in [4.78, 5) is 49.7. The summed E-state index contributed by atoms with van der Waals surface area (Å²) in [5.74, 6) is -2.36. The molecule has 1 spiro atoms. The average Bonchev–Trinajstić information content (AvgIpc) is 3.67. The van der Waals surface area contributed by atoms with Crippen LogP contribution in [0.4, 0.5) is 0 Å². The molecule has 3 aliphatic rings. The minimum Gasteiger partial charge on any atom is -0.394 e. The van der Waals surface area contributed by atoms with E-state index in [9.17, 15) is 14.7 Å². The van der Waals surface area contributed by atoms with Gasteiger partial charge in [0.15, 0.2) is 0 Å². The molecule has 47 heavy (non-hydrogen) atoms. The Bertz CT molecular complexity index is 1470. The smallest absolute Gasteiger partial charge is 0.249 e. The van der Waals surface area contributed by atoms with E-state index in [0.29, 0.717) is 32.4 Å². The molecule has 0 radical (unpaired) electrons. The molecule has 5 rings (SSSR count). The lowest BCUT2D eigenvalue weighted by Crippen LogP contribution is -2.61. The lowest BCUT2D eigenvalue weighted by molar-refractivity contribution is -0.156. The van der Waals surface area contributed by atoms with Crippen LogP contribution < -0.4 is 0 Å². The van der Waals surface area contributed by atoms with E-state index in [4.69, 9.17) is 4.74 Å². The van der Waals surface area contributed by atoms with Gasteiger partial charge in [-0.3, -0.25) is 14.4 Å². The number of aliphatic hydroxyl groups excluding tert-OH is 1. The highest BCUT2D eigenvalue weighted by Crippen LogP contribution is 2.60. The Balaban J connectivity index is 1.61. The van der Waals surface area contributed by atoms with Crippen molar-refractivity contribution >= 4 is 17.7 Å². The van der Waals surface area contributed by atoms with Crippen LogP contribution in [0.3, 0.4) is 0 Å². The van der Waals surface area contributed by atoms with Gasteiger partial charge in [0.2, 0.25) is 17.7 Å². The summed E-state index contributed by atoms with van der Waals surface area (Å²) in [6, 6.07) is 17.2. The number of rotatable bonds is 13. The summed E-state index contributed by atoms with van der Waals surface area (Å²) in [6.07, 6.45) is 4.67. The third kappa shape index (κ3) is 6.42. The standard InChI is InChI=1S/C39H51N3O5/c1-8-22-40(24-27-16-12-10-13-17-27)34(44)31-30-20-21-39(47-30)32(31)35(45)42(29(25-43)28-18-14-11-15-19-28)33(39)36(46)41(23-9-2)38(6,7)26-37(3,4)5/h8-19,29-33,43H,1-2,20-26H2,3-7H3/t29-,30-,31+,32+,33?,39?/m1/s1. The predicted molar refractivity (Wildman–Crippen MR) is 183 cm³/mol. The van der Waals surface area contributed by atoms with Crippen LogP contribution in [0.5, 0.6) is 0 Å². The van der Waals surface area contributed by atoms with Gasteiger partial charge in [0.25, 0.3) is 0 Å². The molecule has 2 aromatic rings. The molecule has 2 bridgehead atoms. The van der Waals surface area contributed by atoms with Crippen LogP contribution in [-0.2, 0) is 25.7 Å². The number of carbonyl (C=O) groups excluding carboxylic acids is 3. The lowest BCUT2D eigenvalue weighted by Gasteiger charge is -2.46. The number of benzene rings is 2. The van der Waals surface area contributed by atoms with Gasteiger partial charge in [0.1, 0.15) is 11.6 Å². The normalized spacial score (nSPS) is 25.7. The Kier molecular flexibility index (Phi) is 9.86. The zero-order chi connectivity index (χ0) is 34.1. The molecule has 3 fully saturated rings. The molecule has 252 valence electrons. The Morgan fingerprint density at radius 3 is 2.19 bits per heavy atom. The molecule has 0 aliphatic carbocycles. The molecule has 8 nitrogen and oxygen atoms in total. The van der Waals surface area contributed by atoms with E-state index in [1.54, 1.807) is 22.0 Å². The molecule has 0 aromatic heterocycles. The second kappa shape index (κ2) is 13.4. The third-order valence-corrected chi connectivity index (χ3v) is 10.1. The minimum absolute atomic E-state index is 0.0833. The minimum atomic E-state index is -1.20. The van der Waals surface area contributed by atoms with Crippen LogP contribution >= 0.6 is 0 Å². The van der Waals surface area contributed by atoms with Crippen molar-refractivity contribution in [1.29, 1.82) is 0 Å². The number of amides is 3. The number of ether oxygens (including phenoxy) is 1. The van der Waals surface area contributed by atoms with Gasteiger partial charge in [-0.05, 0) is 49.7 Å². The molecule has 3 heterocycles. The first-order valence-corrected chi connectivity index (χ1v) is 16.8. The molecule has 8 heteroatoms. The largest absolute Gasteiger partial charge is 0.394 e. The molecule has 0 saturated carbocycles. The van der Waals surface area contributed by atoms with Gasteiger partial charge in [-0.2, -0.15) is 0 Å². The summed E-state index contributed by atoms with van der Waals surface area (Å²) in [7, 11) is 0. The van der Waals surface area contributed by atoms with Crippen molar-refractivity contribution in [1.82, 2.24) is 14.7 Å². The summed E-state index contributed by atoms with van der Waals surface area (Å²) in [6.45, 7) is 19.0. The second-order valence-corrected chi connectivity index (χ2v) is 15.2. The number of hydrogen-bond donors (Lipinski definition) is 1. The molecule has 6 atom stereocenters. The highest BCUT2D eigenvalue weighted by atomic mass is 16.5. The first kappa shape index (κ1) is 34.6. The zero-order valence-electron chi connectivity index (χ0n) is 28.6. The van der Waals surface area contributed by atoms with E-state index in [1.165, 1.54) is 0 Å². The van der Waals surface area contributed by atoms with Crippen LogP contribution in [0.1, 0.15) is 71.0 Å². The molecular formula is C39H51N3O5. The van der Waals surface area contributed by atoms with E-state index >= 15 is 4.79 Å². The van der Waals surface area contributed by atoms with Crippen LogP contribution in [-0.4, -0.2) is 80.5 Å². The number of likely N-dealkylation sites (tertiary alicyclic amines) is 1. The van der Waals surface area contributed by atoms with Gasteiger partial charge in [0, 0.05) is 25.2 Å². The summed E-state index contributed by atoms with van der Waals surface area (Å²) in [5, 5.41) is 10.9. The van der Waals surface area contributed by atoms with Crippen molar-refractivity contribution in [3.63, 3.8) is 0 Å². The van der Waals surface area contributed by atoms with Gasteiger partial charge >= 0.3 is 0 Å². The van der Waals surface area contributed by atoms with Crippen molar-refractivity contribution in [2.45, 2.75) is 89.8 Å². The quantitative estimate of drug-likeness (QED) is 0.290. The maximum Gasteiger partial charge on any atom is 0.249 e. The monoisotopic (exact) mass is 641 g/mol. The fraction of sp³-hybridized carbons (Fsp3) is 0.513. The topological polar surface area (TPSA) is 90.4 Å². The fourth-order valence-electron chi connectivity index (χ4n) is 8.73. The Hall–Kier alpha value is -3.75. The Morgan fingerprint density at radius 2 is 1.62 bits per heavy atom. The number of carbonyl (C=O) groups is 3. The summed E-state index contributed by atoms with van der Waals surface area (Å²) in [5.41, 5.74) is -0.182. The molecule has 3 amide bonds. The first-order valence-electron chi connectivity index (χ1n) is 16.8. The molecular weight excluding hydrogens is 590 g/mol. The van der Waals surface area contributed by atoms with Gasteiger partial charge in [-0.15, -0.1) is 13.2 Å². The van der Waals surface area contributed by atoms with Gasteiger partial charge in [0.05, 0.1) is 30.6 Å². The molecule has 3 aliphatic heterocycles. The summed E-state index contributed by atoms with van der Waals surface area (Å²) >= 11 is 0. The van der Waals surface area contributed by atoms with Crippen molar-refractivity contribution in [2.24, 2.45) is 17.3 Å². The van der Waals surface area contributed by atoms with E-state index in [-0.39, 0.29) is 36.3 Å². The summed E-state index contributed by atoms with van der Waals surface area (Å²) < 4.78 is 6.81. The molecule has 3 saturated heterocycles. The van der Waals surface area contributed by atoms with Crippen LogP contribution in [0.15, 0.2) is 86.0 Å². The molecule has 2 unspecified atom stereocenters. The predicted octanol–water partition coefficient (Wildman–Crippen LogP) is 5.54. The average molecular weight is 642 g/mol. The maximum atomic E-state index is 15.2. The number of fused-ring (bicyclic) bond motifs is 1. The number of nitrogens with zero attached hydrogens (tertiary/aromatic N) is 3. The second-order valence-electron chi connectivity index (χ2n) is 15.2. The first-order chi connectivity index (χ1) is 22.3. The highest BCUT2D eigenvalue weighted by Gasteiger charge is 2.75. The highest BCUT2D eigenvalue weighted by molar-refractivity contribution is 5.99. The van der Waals surface area contributed by atoms with E-state index in [0.717, 1.165) is 11.1 Å². The van der Waals surface area contributed by atoms with Gasteiger partial charge in [-0.1, -0.05) is 93.6 Å². The van der Waals surface area contributed by atoms with Crippen LogP contribution in [0.25, 0.3) is 0 Å². The maximum absolute atomic E-state index is 15.2. The Labute approximate surface area is 280 Å². The SMILES string of the molecule is C=CCN(Cc1ccccc1)C(=O)[C@@H]1[C@H]2C(=O)N([C@H](CO)c3ccccc3)C(C(=O)N(CC=C)C(C)(C)CC(C)(C)C)C23CC[C@H]1O3. The molecule has 1 N–H and O–H groups in total. The zero-order valence-corrected chi connectivity index (χ0v) is 28.6. The van der Waals surface area contributed by atoms with E-state index < -0.39 is 41.2 Å². The fourth-order valence-corrected chi connectivity index (χ4v) is 8.73. The van der Waals surface area contributed by atoms with Crippen LogP contribution in [0.2, 0.25) is 0 Å². The third-order valence-electron chi connectivity index (χ3n) is 10.1. The lowest BCUT2D eigenvalue weighted by atomic mass is 9.70. The van der Waals surface area contributed by atoms with Gasteiger partial charge in [-0.25, -0.2) is 0 Å².